The van der Waals surface area contributed by atoms with Gasteiger partial charge in [0.1, 0.15) is 0 Å². The van der Waals surface area contributed by atoms with Crippen LogP contribution in [0.2, 0.25) is 0 Å². The Kier molecular flexibility index (Phi) is 7.92. The molecule has 156 valence electrons. The van der Waals surface area contributed by atoms with Crippen LogP contribution in [0.5, 0.6) is 0 Å². The number of hydrogen-bond acceptors (Lipinski definition) is 3. The molecule has 2 fully saturated rings. The van der Waals surface area contributed by atoms with E-state index in [0.29, 0.717) is 12.1 Å². The highest BCUT2D eigenvalue weighted by Gasteiger charge is 2.24. The van der Waals surface area contributed by atoms with Crippen LogP contribution >= 0.6 is 0 Å². The van der Waals surface area contributed by atoms with Crippen LogP contribution in [0.3, 0.4) is 0 Å². The lowest BCUT2D eigenvalue weighted by Gasteiger charge is -2.33. The Morgan fingerprint density at radius 1 is 1.11 bits per heavy atom. The summed E-state index contributed by atoms with van der Waals surface area (Å²) in [7, 11) is 0. The lowest BCUT2D eigenvalue weighted by Crippen LogP contribution is -2.45. The first kappa shape index (κ1) is 21.3. The molecule has 1 amide bonds. The minimum absolute atomic E-state index is 0.0806. The molecule has 0 atom stereocenters. The molecule has 1 aromatic carbocycles. The highest BCUT2D eigenvalue weighted by Crippen LogP contribution is 2.26. The second-order valence-electron chi connectivity index (χ2n) is 9.05. The van der Waals surface area contributed by atoms with E-state index in [2.05, 4.69) is 48.0 Å². The van der Waals surface area contributed by atoms with Crippen molar-refractivity contribution < 1.29 is 4.79 Å². The van der Waals surface area contributed by atoms with Crippen molar-refractivity contribution in [2.45, 2.75) is 77.9 Å². The maximum Gasteiger partial charge on any atom is 0.251 e. The van der Waals surface area contributed by atoms with E-state index in [-0.39, 0.29) is 5.91 Å². The first-order chi connectivity index (χ1) is 13.5. The van der Waals surface area contributed by atoms with Crippen LogP contribution in [0.1, 0.15) is 75.2 Å². The van der Waals surface area contributed by atoms with Gasteiger partial charge < -0.3 is 10.2 Å². The van der Waals surface area contributed by atoms with Crippen LogP contribution in [0.15, 0.2) is 24.3 Å². The standard InChI is InChI=1S/C24H39N3O/c1-4-27(19(2)3)18-21-9-11-22(12-10-21)24(28)25-23-13-15-26(16-14-23)17-20-7-5-6-8-20/h9-12,19-20,23H,4-8,13-18H2,1-3H3,(H,25,28). The molecule has 1 aliphatic carbocycles. The fourth-order valence-corrected chi connectivity index (χ4v) is 4.74. The first-order valence-electron chi connectivity index (χ1n) is 11.4. The molecule has 2 aliphatic rings. The van der Waals surface area contributed by atoms with Gasteiger partial charge in [-0.25, -0.2) is 0 Å². The number of rotatable bonds is 8. The number of hydrogen-bond donors (Lipinski definition) is 1. The number of carbonyl (C=O) groups excluding carboxylic acids is 1. The molecule has 0 bridgehead atoms. The Labute approximate surface area is 171 Å². The summed E-state index contributed by atoms with van der Waals surface area (Å²) < 4.78 is 0. The average molecular weight is 386 g/mol. The Hall–Kier alpha value is -1.39. The number of likely N-dealkylation sites (tertiary alicyclic amines) is 1. The van der Waals surface area contributed by atoms with Gasteiger partial charge in [0.25, 0.3) is 5.91 Å². The summed E-state index contributed by atoms with van der Waals surface area (Å²) in [6.07, 6.45) is 7.83. The van der Waals surface area contributed by atoms with E-state index < -0.39 is 0 Å². The predicted molar refractivity (Wildman–Crippen MR) is 117 cm³/mol. The molecule has 3 rings (SSSR count). The van der Waals surface area contributed by atoms with Gasteiger partial charge >= 0.3 is 0 Å². The van der Waals surface area contributed by atoms with E-state index in [1.165, 1.54) is 37.8 Å². The van der Waals surface area contributed by atoms with E-state index in [4.69, 9.17) is 0 Å². The van der Waals surface area contributed by atoms with Crippen LogP contribution in [-0.4, -0.2) is 54.0 Å². The topological polar surface area (TPSA) is 35.6 Å². The fourth-order valence-electron chi connectivity index (χ4n) is 4.74. The second kappa shape index (κ2) is 10.4. The maximum absolute atomic E-state index is 12.6. The molecule has 1 saturated heterocycles. The van der Waals surface area contributed by atoms with E-state index in [0.717, 1.165) is 50.5 Å². The van der Waals surface area contributed by atoms with Gasteiger partial charge in [0.2, 0.25) is 0 Å². The van der Waals surface area contributed by atoms with Gasteiger partial charge in [0.15, 0.2) is 0 Å². The maximum atomic E-state index is 12.6. The van der Waals surface area contributed by atoms with Crippen molar-refractivity contribution in [2.75, 3.05) is 26.2 Å². The average Bonchev–Trinajstić information content (AvgIpc) is 3.21. The van der Waals surface area contributed by atoms with Gasteiger partial charge in [-0.05, 0) is 69.7 Å². The highest BCUT2D eigenvalue weighted by atomic mass is 16.1. The van der Waals surface area contributed by atoms with Crippen molar-refractivity contribution in [1.82, 2.24) is 15.1 Å². The Balaban J connectivity index is 1.43. The molecule has 4 nitrogen and oxygen atoms in total. The zero-order valence-electron chi connectivity index (χ0n) is 18.1. The molecule has 1 aromatic rings. The Bertz CT molecular complexity index is 599. The summed E-state index contributed by atoms with van der Waals surface area (Å²) in [5, 5.41) is 3.26. The summed E-state index contributed by atoms with van der Waals surface area (Å²) in [5.41, 5.74) is 2.05. The van der Waals surface area contributed by atoms with E-state index in [1.807, 2.05) is 12.1 Å². The van der Waals surface area contributed by atoms with Crippen molar-refractivity contribution in [3.05, 3.63) is 35.4 Å². The lowest BCUT2D eigenvalue weighted by molar-refractivity contribution is 0.0905. The largest absolute Gasteiger partial charge is 0.349 e. The van der Waals surface area contributed by atoms with Crippen molar-refractivity contribution in [2.24, 2.45) is 5.92 Å². The van der Waals surface area contributed by atoms with E-state index >= 15 is 0 Å². The minimum Gasteiger partial charge on any atom is -0.349 e. The zero-order chi connectivity index (χ0) is 19.9. The molecule has 1 heterocycles. The number of nitrogens with one attached hydrogen (secondary N) is 1. The number of carbonyl (C=O) groups is 1. The third-order valence-electron chi connectivity index (χ3n) is 6.65. The van der Waals surface area contributed by atoms with Gasteiger partial charge in [0.05, 0.1) is 0 Å². The van der Waals surface area contributed by atoms with Gasteiger partial charge in [-0.15, -0.1) is 0 Å². The van der Waals surface area contributed by atoms with Crippen LogP contribution < -0.4 is 5.32 Å². The molecule has 4 heteroatoms. The fraction of sp³-hybridized carbons (Fsp3) is 0.708. The third kappa shape index (κ3) is 6.05. The van der Waals surface area contributed by atoms with Crippen LogP contribution in [-0.2, 0) is 6.54 Å². The molecular formula is C24H39N3O. The molecule has 1 N–H and O–H groups in total. The number of amides is 1. The molecule has 0 unspecified atom stereocenters. The zero-order valence-corrected chi connectivity index (χ0v) is 18.1. The normalized spacial score (nSPS) is 19.6. The minimum atomic E-state index is 0.0806. The number of benzene rings is 1. The van der Waals surface area contributed by atoms with Crippen LogP contribution in [0.4, 0.5) is 0 Å². The molecule has 0 radical (unpaired) electrons. The summed E-state index contributed by atoms with van der Waals surface area (Å²) in [6.45, 7) is 12.2. The molecular weight excluding hydrogens is 346 g/mol. The SMILES string of the molecule is CCN(Cc1ccc(C(=O)NC2CCN(CC3CCCC3)CC2)cc1)C(C)C. The Morgan fingerprint density at radius 3 is 2.32 bits per heavy atom. The predicted octanol–water partition coefficient (Wildman–Crippen LogP) is 4.30. The lowest BCUT2D eigenvalue weighted by atomic mass is 10.0. The second-order valence-corrected chi connectivity index (χ2v) is 9.05. The van der Waals surface area contributed by atoms with Gasteiger partial charge in [-0.2, -0.15) is 0 Å². The smallest absolute Gasteiger partial charge is 0.251 e. The summed E-state index contributed by atoms with van der Waals surface area (Å²) in [5.74, 6) is 1.00. The summed E-state index contributed by atoms with van der Waals surface area (Å²) in [4.78, 5) is 17.7. The highest BCUT2D eigenvalue weighted by molar-refractivity contribution is 5.94. The van der Waals surface area contributed by atoms with Crippen molar-refractivity contribution in [3.8, 4) is 0 Å². The molecule has 28 heavy (non-hydrogen) atoms. The van der Waals surface area contributed by atoms with Crippen molar-refractivity contribution >= 4 is 5.91 Å². The number of piperidine rings is 1. The van der Waals surface area contributed by atoms with Crippen LogP contribution in [0, 0.1) is 5.92 Å². The van der Waals surface area contributed by atoms with Crippen molar-refractivity contribution in [3.63, 3.8) is 0 Å². The molecule has 1 aliphatic heterocycles. The summed E-state index contributed by atoms with van der Waals surface area (Å²) >= 11 is 0. The van der Waals surface area contributed by atoms with E-state index in [1.54, 1.807) is 0 Å². The summed E-state index contributed by atoms with van der Waals surface area (Å²) in [6, 6.07) is 9.02. The van der Waals surface area contributed by atoms with Gasteiger partial charge in [-0.3, -0.25) is 9.69 Å². The van der Waals surface area contributed by atoms with Crippen molar-refractivity contribution in [1.29, 1.82) is 0 Å². The van der Waals surface area contributed by atoms with Gasteiger partial charge in [-0.1, -0.05) is 31.9 Å². The van der Waals surface area contributed by atoms with Gasteiger partial charge in [0, 0.05) is 43.8 Å². The quantitative estimate of drug-likeness (QED) is 0.725. The molecule has 1 saturated carbocycles. The number of nitrogens with zero attached hydrogens (tertiary/aromatic N) is 2. The molecule has 0 spiro atoms. The first-order valence-corrected chi connectivity index (χ1v) is 11.4. The monoisotopic (exact) mass is 385 g/mol. The van der Waals surface area contributed by atoms with Crippen LogP contribution in [0.25, 0.3) is 0 Å². The molecule has 0 aromatic heterocycles. The van der Waals surface area contributed by atoms with E-state index in [9.17, 15) is 4.79 Å². The Morgan fingerprint density at radius 2 is 1.75 bits per heavy atom. The third-order valence-corrected chi connectivity index (χ3v) is 6.65.